The molecule has 2 amide bonds. The molecule has 0 saturated heterocycles. The fourth-order valence-corrected chi connectivity index (χ4v) is 3.87. The average molecular weight is 486 g/mol. The second kappa shape index (κ2) is 8.86. The number of halogens is 1. The lowest BCUT2D eigenvalue weighted by Crippen LogP contribution is -2.43. The third-order valence-electron chi connectivity index (χ3n) is 5.15. The fourth-order valence-electron chi connectivity index (χ4n) is 3.60. The highest BCUT2D eigenvalue weighted by Gasteiger charge is 2.31. The van der Waals surface area contributed by atoms with Crippen molar-refractivity contribution in [2.24, 2.45) is 0 Å². The van der Waals surface area contributed by atoms with Gasteiger partial charge in [-0.15, -0.1) is 0 Å². The molecule has 0 fully saturated rings. The minimum atomic E-state index is -0.663. The van der Waals surface area contributed by atoms with Gasteiger partial charge in [0.05, 0.1) is 17.3 Å². The zero-order chi connectivity index (χ0) is 24.6. The monoisotopic (exact) mass is 485 g/mol. The molecule has 34 heavy (non-hydrogen) atoms. The number of nitrogens with one attached hydrogen (secondary N) is 1. The zero-order valence-corrected chi connectivity index (χ0v) is 19.7. The molecule has 1 aliphatic heterocycles. The van der Waals surface area contributed by atoms with Crippen LogP contribution in [0.4, 0.5) is 10.5 Å². The number of hydrogen-bond donors (Lipinski definition) is 2. The van der Waals surface area contributed by atoms with Crippen molar-refractivity contribution in [3.8, 4) is 11.6 Å². The Balaban J connectivity index is 1.59. The van der Waals surface area contributed by atoms with Crippen LogP contribution >= 0.6 is 11.6 Å². The summed E-state index contributed by atoms with van der Waals surface area (Å²) in [5.41, 5.74) is 0.0202. The molecule has 0 bridgehead atoms. The summed E-state index contributed by atoms with van der Waals surface area (Å²) in [6.07, 6.45) is 0.989. The summed E-state index contributed by atoms with van der Waals surface area (Å²) in [6.45, 7) is 5.77. The van der Waals surface area contributed by atoms with Gasteiger partial charge in [-0.3, -0.25) is 14.3 Å². The number of benzene rings is 1. The Bertz CT molecular complexity index is 1310. The summed E-state index contributed by atoms with van der Waals surface area (Å²) in [4.78, 5) is 43.2. The molecule has 4 rings (SSSR count). The number of pyridine rings is 1. The van der Waals surface area contributed by atoms with E-state index in [0.717, 1.165) is 4.57 Å². The highest BCUT2D eigenvalue weighted by Crippen LogP contribution is 2.30. The number of amides is 2. The second-order valence-corrected chi connectivity index (χ2v) is 9.18. The Morgan fingerprint density at radius 1 is 1.18 bits per heavy atom. The second-order valence-electron chi connectivity index (χ2n) is 8.78. The van der Waals surface area contributed by atoms with E-state index in [1.807, 2.05) is 0 Å². The van der Waals surface area contributed by atoms with Crippen molar-refractivity contribution in [1.29, 1.82) is 0 Å². The molecule has 10 nitrogen and oxygen atoms in total. The molecule has 11 heteroatoms. The summed E-state index contributed by atoms with van der Waals surface area (Å²) >= 11 is 6.42. The summed E-state index contributed by atoms with van der Waals surface area (Å²) in [6, 6.07) is 9.55. The Labute approximate surface area is 200 Å². The molecule has 0 unspecified atom stereocenters. The highest BCUT2D eigenvalue weighted by atomic mass is 35.5. The van der Waals surface area contributed by atoms with Crippen molar-refractivity contribution in [1.82, 2.24) is 19.0 Å². The van der Waals surface area contributed by atoms with Crippen LogP contribution in [0.2, 0.25) is 5.02 Å². The largest absolute Gasteiger partial charge is 0.493 e. The first-order valence-corrected chi connectivity index (χ1v) is 11.0. The quantitative estimate of drug-likeness (QED) is 0.587. The predicted molar refractivity (Wildman–Crippen MR) is 126 cm³/mol. The minimum absolute atomic E-state index is 0.0127. The molecular formula is C23H24ClN5O5. The lowest BCUT2D eigenvalue weighted by molar-refractivity contribution is 0.0196. The number of carbonyl (C=O) groups is 2. The topological polar surface area (TPSA) is 119 Å². The van der Waals surface area contributed by atoms with E-state index in [1.165, 1.54) is 27.8 Å². The SMILES string of the molecule is CC(C)(C)OC(=O)N1CCn2c(c(O)n(-c3ccc(NC(=O)c4ccccn4)cc3Cl)c2=O)C1. The molecule has 0 radical (unpaired) electrons. The number of rotatable bonds is 3. The molecule has 1 aromatic carbocycles. The van der Waals surface area contributed by atoms with E-state index in [9.17, 15) is 19.5 Å². The number of aromatic nitrogens is 3. The van der Waals surface area contributed by atoms with Crippen LogP contribution in [-0.2, 0) is 17.8 Å². The first-order valence-electron chi connectivity index (χ1n) is 10.6. The number of hydrogen-bond acceptors (Lipinski definition) is 6. The summed E-state index contributed by atoms with van der Waals surface area (Å²) in [5.74, 6) is -0.726. The fraction of sp³-hybridized carbons (Fsp3) is 0.304. The van der Waals surface area contributed by atoms with E-state index in [4.69, 9.17) is 16.3 Å². The number of aromatic hydroxyl groups is 1. The molecule has 3 aromatic rings. The molecule has 0 atom stereocenters. The van der Waals surface area contributed by atoms with Crippen LogP contribution in [0.15, 0.2) is 47.4 Å². The van der Waals surface area contributed by atoms with Crippen molar-refractivity contribution in [3.63, 3.8) is 0 Å². The van der Waals surface area contributed by atoms with Crippen LogP contribution in [-0.4, -0.2) is 48.3 Å². The third kappa shape index (κ3) is 4.62. The summed E-state index contributed by atoms with van der Waals surface area (Å²) in [5, 5.41) is 13.7. The maximum atomic E-state index is 13.0. The van der Waals surface area contributed by atoms with Gasteiger partial charge in [0.1, 0.15) is 17.0 Å². The lowest BCUT2D eigenvalue weighted by atomic mass is 10.2. The molecule has 2 aromatic heterocycles. The van der Waals surface area contributed by atoms with Gasteiger partial charge in [-0.2, -0.15) is 0 Å². The van der Waals surface area contributed by atoms with Crippen LogP contribution in [0.25, 0.3) is 5.69 Å². The lowest BCUT2D eigenvalue weighted by Gasteiger charge is -2.30. The van der Waals surface area contributed by atoms with Crippen LogP contribution in [0.1, 0.15) is 37.0 Å². The third-order valence-corrected chi connectivity index (χ3v) is 5.45. The maximum absolute atomic E-state index is 13.0. The van der Waals surface area contributed by atoms with E-state index in [1.54, 1.807) is 45.0 Å². The van der Waals surface area contributed by atoms with Gasteiger partial charge in [0.25, 0.3) is 5.91 Å². The molecule has 0 saturated carbocycles. The van der Waals surface area contributed by atoms with Crippen molar-refractivity contribution in [2.45, 2.75) is 39.5 Å². The van der Waals surface area contributed by atoms with Crippen molar-refractivity contribution in [3.05, 3.63) is 69.5 Å². The minimum Gasteiger partial charge on any atom is -0.493 e. The average Bonchev–Trinajstić information content (AvgIpc) is 3.03. The molecule has 3 heterocycles. The van der Waals surface area contributed by atoms with E-state index >= 15 is 0 Å². The van der Waals surface area contributed by atoms with Gasteiger partial charge < -0.3 is 20.1 Å². The Morgan fingerprint density at radius 3 is 2.59 bits per heavy atom. The number of anilines is 1. The smallest absolute Gasteiger partial charge is 0.410 e. The van der Waals surface area contributed by atoms with E-state index in [-0.39, 0.29) is 47.6 Å². The van der Waals surface area contributed by atoms with Crippen LogP contribution in [0.5, 0.6) is 5.88 Å². The molecular weight excluding hydrogens is 462 g/mol. The molecule has 0 spiro atoms. The number of nitrogens with zero attached hydrogens (tertiary/aromatic N) is 4. The van der Waals surface area contributed by atoms with Gasteiger partial charge in [0.2, 0.25) is 5.88 Å². The normalized spacial score (nSPS) is 13.4. The zero-order valence-electron chi connectivity index (χ0n) is 18.9. The van der Waals surface area contributed by atoms with Crippen LogP contribution in [0.3, 0.4) is 0 Å². The first-order chi connectivity index (χ1) is 16.0. The summed E-state index contributed by atoms with van der Waals surface area (Å²) in [7, 11) is 0. The molecule has 1 aliphatic rings. The summed E-state index contributed by atoms with van der Waals surface area (Å²) < 4.78 is 7.89. The molecule has 2 N–H and O–H groups in total. The molecule has 0 aliphatic carbocycles. The Kier molecular flexibility index (Phi) is 6.09. The predicted octanol–water partition coefficient (Wildman–Crippen LogP) is 3.40. The van der Waals surface area contributed by atoms with Crippen molar-refractivity contribution < 1.29 is 19.4 Å². The van der Waals surface area contributed by atoms with E-state index in [2.05, 4.69) is 10.3 Å². The van der Waals surface area contributed by atoms with Gasteiger partial charge in [-0.1, -0.05) is 17.7 Å². The number of imidazole rings is 1. The van der Waals surface area contributed by atoms with Gasteiger partial charge in [0, 0.05) is 25.0 Å². The van der Waals surface area contributed by atoms with Gasteiger partial charge in [-0.05, 0) is 51.1 Å². The van der Waals surface area contributed by atoms with Crippen molar-refractivity contribution >= 4 is 29.3 Å². The highest BCUT2D eigenvalue weighted by molar-refractivity contribution is 6.32. The van der Waals surface area contributed by atoms with E-state index < -0.39 is 23.3 Å². The van der Waals surface area contributed by atoms with E-state index in [0.29, 0.717) is 5.69 Å². The number of carbonyl (C=O) groups excluding carboxylic acids is 2. The van der Waals surface area contributed by atoms with Gasteiger partial charge in [-0.25, -0.2) is 14.2 Å². The Hall–Kier alpha value is -3.79. The number of fused-ring (bicyclic) bond motifs is 1. The van der Waals surface area contributed by atoms with Crippen LogP contribution in [0, 0.1) is 0 Å². The first kappa shape index (κ1) is 23.4. The van der Waals surface area contributed by atoms with Gasteiger partial charge in [0.15, 0.2) is 0 Å². The number of ether oxygens (including phenoxy) is 1. The standard InChI is InChI=1S/C23H24ClN5O5/c1-23(2,3)34-22(33)27-10-11-28-18(13-27)20(31)29(21(28)32)17-8-7-14(12-15(17)24)26-19(30)16-6-4-5-9-25-16/h4-9,12,31H,10-11,13H2,1-3H3,(H,26,30). The maximum Gasteiger partial charge on any atom is 0.410 e. The van der Waals surface area contributed by atoms with Gasteiger partial charge >= 0.3 is 11.8 Å². The molecule has 178 valence electrons. The van der Waals surface area contributed by atoms with Crippen molar-refractivity contribution in [2.75, 3.05) is 11.9 Å². The van der Waals surface area contributed by atoms with Crippen LogP contribution < -0.4 is 11.0 Å². The Morgan fingerprint density at radius 2 is 1.94 bits per heavy atom.